The summed E-state index contributed by atoms with van der Waals surface area (Å²) in [5.74, 6) is 2.08. The minimum absolute atomic E-state index is 0.0176. The van der Waals surface area contributed by atoms with Gasteiger partial charge in [-0.3, -0.25) is 0 Å². The Bertz CT molecular complexity index is 153. The van der Waals surface area contributed by atoms with Gasteiger partial charge in [-0.2, -0.15) is 0 Å². The second-order valence-electron chi connectivity index (χ2n) is 4.75. The van der Waals surface area contributed by atoms with Crippen molar-refractivity contribution in [2.75, 3.05) is 0 Å². The van der Waals surface area contributed by atoms with E-state index in [0.717, 1.165) is 5.92 Å². The van der Waals surface area contributed by atoms with E-state index in [4.69, 9.17) is 0 Å². The van der Waals surface area contributed by atoms with Gasteiger partial charge < -0.3 is 5.11 Å². The van der Waals surface area contributed by atoms with E-state index in [0.29, 0.717) is 11.8 Å². The molecule has 0 radical (unpaired) electrons. The van der Waals surface area contributed by atoms with Gasteiger partial charge in [0.25, 0.3) is 0 Å². The number of hydrogen-bond donors (Lipinski definition) is 1. The smallest absolute Gasteiger partial charge is 0.0596 e. The van der Waals surface area contributed by atoms with E-state index in [1.54, 1.807) is 0 Å². The summed E-state index contributed by atoms with van der Waals surface area (Å²) >= 11 is 0. The van der Waals surface area contributed by atoms with Crippen molar-refractivity contribution in [1.82, 2.24) is 0 Å². The fourth-order valence-corrected chi connectivity index (χ4v) is 3.11. The molecule has 70 valence electrons. The van der Waals surface area contributed by atoms with Crippen LogP contribution in [0.15, 0.2) is 0 Å². The van der Waals surface area contributed by atoms with Crippen LogP contribution in [0.3, 0.4) is 0 Å². The van der Waals surface area contributed by atoms with Gasteiger partial charge in [0.05, 0.1) is 6.10 Å². The van der Waals surface area contributed by atoms with Crippen molar-refractivity contribution in [2.24, 2.45) is 17.8 Å². The molecule has 0 spiro atoms. The molecule has 2 rings (SSSR count). The molecule has 1 N–H and O–H groups in total. The van der Waals surface area contributed by atoms with E-state index < -0.39 is 0 Å². The summed E-state index contributed by atoms with van der Waals surface area (Å²) in [6.45, 7) is 2.20. The van der Waals surface area contributed by atoms with Gasteiger partial charge in [0.15, 0.2) is 0 Å². The first kappa shape index (κ1) is 8.55. The van der Waals surface area contributed by atoms with Crippen LogP contribution in [0.4, 0.5) is 0 Å². The zero-order valence-electron chi connectivity index (χ0n) is 8.00. The van der Waals surface area contributed by atoms with Gasteiger partial charge in [0, 0.05) is 0 Å². The Morgan fingerprint density at radius 1 is 1.00 bits per heavy atom. The summed E-state index contributed by atoms with van der Waals surface area (Å²) in [5.41, 5.74) is 0. The van der Waals surface area contributed by atoms with E-state index in [9.17, 15) is 5.11 Å². The molecule has 4 atom stereocenters. The van der Waals surface area contributed by atoms with Crippen LogP contribution in [-0.4, -0.2) is 11.2 Å². The Morgan fingerprint density at radius 3 is 2.58 bits per heavy atom. The van der Waals surface area contributed by atoms with Gasteiger partial charge in [0.2, 0.25) is 0 Å². The van der Waals surface area contributed by atoms with Crippen molar-refractivity contribution < 1.29 is 5.11 Å². The van der Waals surface area contributed by atoms with Crippen molar-refractivity contribution in [1.29, 1.82) is 0 Å². The fraction of sp³-hybridized carbons (Fsp3) is 1.00. The summed E-state index contributed by atoms with van der Waals surface area (Å²) in [7, 11) is 0. The average Bonchev–Trinajstić information content (AvgIpc) is 2.12. The summed E-state index contributed by atoms with van der Waals surface area (Å²) in [5, 5.41) is 9.97. The maximum atomic E-state index is 9.97. The molecule has 1 nitrogen and oxygen atoms in total. The van der Waals surface area contributed by atoms with Crippen LogP contribution < -0.4 is 0 Å². The predicted octanol–water partition coefficient (Wildman–Crippen LogP) is 2.58. The molecule has 2 aliphatic rings. The zero-order valence-corrected chi connectivity index (χ0v) is 8.00. The Kier molecular flexibility index (Phi) is 2.40. The Hall–Kier alpha value is -0.0400. The molecule has 0 aliphatic heterocycles. The van der Waals surface area contributed by atoms with Crippen LogP contribution >= 0.6 is 0 Å². The third-order valence-corrected chi connectivity index (χ3v) is 3.98. The molecule has 0 aromatic carbocycles. The molecule has 2 saturated carbocycles. The number of aliphatic hydroxyl groups is 1. The fourth-order valence-electron chi connectivity index (χ4n) is 3.11. The van der Waals surface area contributed by atoms with E-state index in [2.05, 4.69) is 6.92 Å². The second-order valence-corrected chi connectivity index (χ2v) is 4.75. The third-order valence-electron chi connectivity index (χ3n) is 3.98. The lowest BCUT2D eigenvalue weighted by molar-refractivity contribution is -0.0259. The van der Waals surface area contributed by atoms with Crippen LogP contribution in [0.1, 0.15) is 45.4 Å². The van der Waals surface area contributed by atoms with Crippen molar-refractivity contribution in [2.45, 2.75) is 51.6 Å². The quantitative estimate of drug-likeness (QED) is 0.589. The molecule has 0 bridgehead atoms. The summed E-state index contributed by atoms with van der Waals surface area (Å²) in [6, 6.07) is 0. The maximum absolute atomic E-state index is 9.97. The van der Waals surface area contributed by atoms with Crippen LogP contribution in [0.5, 0.6) is 0 Å². The molecule has 0 aromatic heterocycles. The van der Waals surface area contributed by atoms with Crippen LogP contribution in [0.2, 0.25) is 0 Å². The SMILES string of the molecule is CC1CCC2CCCCC2C1O. The number of rotatable bonds is 0. The van der Waals surface area contributed by atoms with Crippen molar-refractivity contribution >= 4 is 0 Å². The first-order valence-electron chi connectivity index (χ1n) is 5.47. The number of hydrogen-bond acceptors (Lipinski definition) is 1. The highest BCUT2D eigenvalue weighted by Crippen LogP contribution is 2.42. The lowest BCUT2D eigenvalue weighted by Gasteiger charge is -2.42. The summed E-state index contributed by atoms with van der Waals surface area (Å²) < 4.78 is 0. The van der Waals surface area contributed by atoms with Crippen LogP contribution in [-0.2, 0) is 0 Å². The molecular weight excluding hydrogens is 148 g/mol. The minimum Gasteiger partial charge on any atom is -0.393 e. The first-order chi connectivity index (χ1) is 5.79. The number of aliphatic hydroxyl groups excluding tert-OH is 1. The van der Waals surface area contributed by atoms with Gasteiger partial charge >= 0.3 is 0 Å². The van der Waals surface area contributed by atoms with Gasteiger partial charge in [0.1, 0.15) is 0 Å². The second kappa shape index (κ2) is 3.37. The summed E-state index contributed by atoms with van der Waals surface area (Å²) in [4.78, 5) is 0. The molecule has 2 fully saturated rings. The van der Waals surface area contributed by atoms with E-state index in [1.165, 1.54) is 38.5 Å². The van der Waals surface area contributed by atoms with E-state index in [1.807, 2.05) is 0 Å². The largest absolute Gasteiger partial charge is 0.393 e. The van der Waals surface area contributed by atoms with Crippen LogP contribution in [0, 0.1) is 17.8 Å². The van der Waals surface area contributed by atoms with Crippen molar-refractivity contribution in [3.8, 4) is 0 Å². The molecule has 0 saturated heterocycles. The highest BCUT2D eigenvalue weighted by Gasteiger charge is 2.37. The van der Waals surface area contributed by atoms with Gasteiger partial charge in [-0.05, 0) is 37.0 Å². The third kappa shape index (κ3) is 1.39. The Morgan fingerprint density at radius 2 is 1.75 bits per heavy atom. The lowest BCUT2D eigenvalue weighted by Crippen LogP contribution is -2.39. The monoisotopic (exact) mass is 168 g/mol. The van der Waals surface area contributed by atoms with E-state index in [-0.39, 0.29) is 6.10 Å². The van der Waals surface area contributed by atoms with Gasteiger partial charge in [-0.1, -0.05) is 26.2 Å². The average molecular weight is 168 g/mol. The van der Waals surface area contributed by atoms with Crippen molar-refractivity contribution in [3.05, 3.63) is 0 Å². The molecule has 0 heterocycles. The Labute approximate surface area is 75.2 Å². The van der Waals surface area contributed by atoms with E-state index >= 15 is 0 Å². The first-order valence-corrected chi connectivity index (χ1v) is 5.47. The van der Waals surface area contributed by atoms with Gasteiger partial charge in [-0.25, -0.2) is 0 Å². The molecule has 2 aliphatic carbocycles. The highest BCUT2D eigenvalue weighted by atomic mass is 16.3. The van der Waals surface area contributed by atoms with Crippen molar-refractivity contribution in [3.63, 3.8) is 0 Å². The zero-order chi connectivity index (χ0) is 8.55. The lowest BCUT2D eigenvalue weighted by atomic mass is 9.66. The molecule has 4 unspecified atom stereocenters. The number of fused-ring (bicyclic) bond motifs is 1. The van der Waals surface area contributed by atoms with Crippen LogP contribution in [0.25, 0.3) is 0 Å². The topological polar surface area (TPSA) is 20.2 Å². The molecular formula is C11H20O. The highest BCUT2D eigenvalue weighted by molar-refractivity contribution is 4.87. The minimum atomic E-state index is 0.0176. The normalized spacial score (nSPS) is 48.5. The molecule has 0 amide bonds. The van der Waals surface area contributed by atoms with Gasteiger partial charge in [-0.15, -0.1) is 0 Å². The predicted molar refractivity (Wildman–Crippen MR) is 49.9 cm³/mol. The molecule has 12 heavy (non-hydrogen) atoms. The molecule has 0 aromatic rings. The molecule has 1 heteroatoms. The Balaban J connectivity index is 2.03. The standard InChI is InChI=1S/C11H20O/c1-8-6-7-9-4-2-3-5-10(9)11(8)12/h8-12H,2-7H2,1H3. The summed E-state index contributed by atoms with van der Waals surface area (Å²) in [6.07, 6.45) is 8.08. The maximum Gasteiger partial charge on any atom is 0.0596 e.